The van der Waals surface area contributed by atoms with Crippen LogP contribution < -0.4 is 5.32 Å². The summed E-state index contributed by atoms with van der Waals surface area (Å²) in [6.45, 7) is 3.05. The second kappa shape index (κ2) is 9.43. The standard InChI is InChI=1S/C23H21BrF2N6O2/c1-14-19(10-28-32(14)18-6-3-16(24)4-7-18)22(33)30-15(2)23(34,11-31-13-27-12-29-31)20-8-5-17(25)9-21(20)26/h3-10,12-13,15,34H,11H2,1-2H3,(H,30,33). The molecule has 0 aliphatic carbocycles. The van der Waals surface area contributed by atoms with Crippen LogP contribution in [0, 0.1) is 18.6 Å². The first kappa shape index (κ1) is 23.7. The van der Waals surface area contributed by atoms with Gasteiger partial charge in [-0.1, -0.05) is 22.0 Å². The molecule has 0 aliphatic heterocycles. The van der Waals surface area contributed by atoms with Gasteiger partial charge in [-0.05, 0) is 44.2 Å². The first-order chi connectivity index (χ1) is 16.2. The molecule has 2 atom stereocenters. The fourth-order valence-electron chi connectivity index (χ4n) is 3.73. The highest BCUT2D eigenvalue weighted by molar-refractivity contribution is 9.10. The molecule has 11 heteroatoms. The normalized spacial score (nSPS) is 13.9. The van der Waals surface area contributed by atoms with Gasteiger partial charge in [-0.3, -0.25) is 4.79 Å². The number of rotatable bonds is 7. The summed E-state index contributed by atoms with van der Waals surface area (Å²) in [4.78, 5) is 17.0. The van der Waals surface area contributed by atoms with Gasteiger partial charge in [-0.25, -0.2) is 23.1 Å². The number of halogens is 3. The molecule has 8 nitrogen and oxygen atoms in total. The number of amides is 1. The molecule has 4 aromatic rings. The average molecular weight is 531 g/mol. The second-order valence-corrected chi connectivity index (χ2v) is 8.78. The Hall–Kier alpha value is -3.44. The summed E-state index contributed by atoms with van der Waals surface area (Å²) in [7, 11) is 0. The van der Waals surface area contributed by atoms with Crippen LogP contribution in [0.1, 0.15) is 28.5 Å². The van der Waals surface area contributed by atoms with Gasteiger partial charge in [0.05, 0.1) is 35.7 Å². The van der Waals surface area contributed by atoms with E-state index < -0.39 is 29.2 Å². The monoisotopic (exact) mass is 530 g/mol. The maximum atomic E-state index is 14.7. The number of nitrogens with one attached hydrogen (secondary N) is 1. The molecule has 176 valence electrons. The van der Waals surface area contributed by atoms with Crippen LogP contribution in [-0.4, -0.2) is 41.6 Å². The highest BCUT2D eigenvalue weighted by atomic mass is 79.9. The van der Waals surface area contributed by atoms with Gasteiger partial charge < -0.3 is 10.4 Å². The summed E-state index contributed by atoms with van der Waals surface area (Å²) in [6, 6.07) is 9.31. The molecule has 0 aliphatic rings. The fourth-order valence-corrected chi connectivity index (χ4v) is 3.99. The van der Waals surface area contributed by atoms with Gasteiger partial charge in [-0.2, -0.15) is 10.2 Å². The second-order valence-electron chi connectivity index (χ2n) is 7.87. The van der Waals surface area contributed by atoms with Crippen molar-refractivity contribution in [1.29, 1.82) is 0 Å². The number of aromatic nitrogens is 5. The van der Waals surface area contributed by atoms with Gasteiger partial charge in [-0.15, -0.1) is 0 Å². The largest absolute Gasteiger partial charge is 0.381 e. The van der Waals surface area contributed by atoms with E-state index >= 15 is 0 Å². The maximum absolute atomic E-state index is 14.7. The third-order valence-corrected chi connectivity index (χ3v) is 6.19. The van der Waals surface area contributed by atoms with E-state index in [-0.39, 0.29) is 17.7 Å². The summed E-state index contributed by atoms with van der Waals surface area (Å²) < 4.78 is 32.1. The number of carbonyl (C=O) groups excluding carboxylic acids is 1. The van der Waals surface area contributed by atoms with Crippen molar-refractivity contribution in [2.45, 2.75) is 32.0 Å². The Balaban J connectivity index is 1.63. The Bertz CT molecular complexity index is 1310. The predicted octanol–water partition coefficient (Wildman–Crippen LogP) is 3.52. The van der Waals surface area contributed by atoms with Gasteiger partial charge in [0.25, 0.3) is 5.91 Å². The molecule has 1 amide bonds. The van der Waals surface area contributed by atoms with Crippen molar-refractivity contribution in [2.24, 2.45) is 0 Å². The molecule has 2 aromatic carbocycles. The number of carbonyl (C=O) groups is 1. The van der Waals surface area contributed by atoms with E-state index in [1.807, 2.05) is 24.3 Å². The summed E-state index contributed by atoms with van der Waals surface area (Å²) in [5, 5.41) is 22.6. The van der Waals surface area contributed by atoms with Crippen LogP contribution in [0.4, 0.5) is 8.78 Å². The lowest BCUT2D eigenvalue weighted by atomic mass is 9.86. The zero-order chi connectivity index (χ0) is 24.5. The average Bonchev–Trinajstić information content (AvgIpc) is 3.43. The third kappa shape index (κ3) is 4.62. The number of benzene rings is 2. The van der Waals surface area contributed by atoms with Crippen LogP contribution in [0.5, 0.6) is 0 Å². The van der Waals surface area contributed by atoms with E-state index in [4.69, 9.17) is 0 Å². The number of aliphatic hydroxyl groups is 1. The molecule has 4 rings (SSSR count). The fraction of sp³-hybridized carbons (Fsp3) is 0.217. The van der Waals surface area contributed by atoms with Crippen molar-refractivity contribution in [1.82, 2.24) is 29.9 Å². The Kier molecular flexibility index (Phi) is 6.58. The first-order valence-corrected chi connectivity index (χ1v) is 11.1. The van der Waals surface area contributed by atoms with Crippen LogP contribution in [0.25, 0.3) is 5.69 Å². The molecule has 0 fully saturated rings. The molecule has 0 spiro atoms. The quantitative estimate of drug-likeness (QED) is 0.381. The van der Waals surface area contributed by atoms with Gasteiger partial charge in [0.15, 0.2) is 0 Å². The third-order valence-electron chi connectivity index (χ3n) is 5.66. The lowest BCUT2D eigenvalue weighted by Crippen LogP contribution is -2.52. The van der Waals surface area contributed by atoms with Crippen molar-refractivity contribution < 1.29 is 18.7 Å². The van der Waals surface area contributed by atoms with E-state index in [1.54, 1.807) is 11.6 Å². The minimum Gasteiger partial charge on any atom is -0.381 e. The van der Waals surface area contributed by atoms with Crippen LogP contribution in [-0.2, 0) is 12.1 Å². The van der Waals surface area contributed by atoms with Gasteiger partial charge in [0.2, 0.25) is 0 Å². The molecule has 0 saturated carbocycles. The Morgan fingerprint density at radius 1 is 1.21 bits per heavy atom. The molecule has 0 radical (unpaired) electrons. The molecule has 2 N–H and O–H groups in total. The molecule has 2 heterocycles. The summed E-state index contributed by atoms with van der Waals surface area (Å²) >= 11 is 3.38. The van der Waals surface area contributed by atoms with Gasteiger partial charge in [0, 0.05) is 16.1 Å². The smallest absolute Gasteiger partial charge is 0.255 e. The minimum atomic E-state index is -1.96. The molecule has 0 bridgehead atoms. The van der Waals surface area contributed by atoms with E-state index in [9.17, 15) is 18.7 Å². The molecule has 34 heavy (non-hydrogen) atoms. The Morgan fingerprint density at radius 3 is 2.59 bits per heavy atom. The lowest BCUT2D eigenvalue weighted by molar-refractivity contribution is -0.0186. The molecular formula is C23H21BrF2N6O2. The SMILES string of the molecule is Cc1c(C(=O)NC(C)C(O)(Cn2cncn2)c2ccc(F)cc2F)cnn1-c1ccc(Br)cc1. The molecule has 2 aromatic heterocycles. The predicted molar refractivity (Wildman–Crippen MR) is 123 cm³/mol. The van der Waals surface area contributed by atoms with Crippen molar-refractivity contribution in [3.8, 4) is 5.69 Å². The highest BCUT2D eigenvalue weighted by Crippen LogP contribution is 2.30. The minimum absolute atomic E-state index is 0.181. The van der Waals surface area contributed by atoms with Gasteiger partial charge in [0.1, 0.15) is 29.9 Å². The zero-order valence-corrected chi connectivity index (χ0v) is 19.9. The van der Waals surface area contributed by atoms with Crippen LogP contribution in [0.2, 0.25) is 0 Å². The molecule has 2 unspecified atom stereocenters. The van der Waals surface area contributed by atoms with Crippen molar-refractivity contribution >= 4 is 21.8 Å². The Labute approximate surface area is 202 Å². The van der Waals surface area contributed by atoms with Gasteiger partial charge >= 0.3 is 0 Å². The van der Waals surface area contributed by atoms with Crippen LogP contribution in [0.15, 0.2) is 65.8 Å². The van der Waals surface area contributed by atoms with E-state index in [2.05, 4.69) is 36.4 Å². The maximum Gasteiger partial charge on any atom is 0.255 e. The summed E-state index contributed by atoms with van der Waals surface area (Å²) in [5.41, 5.74) is -0.503. The first-order valence-electron chi connectivity index (χ1n) is 10.3. The number of nitrogens with zero attached hydrogens (tertiary/aromatic N) is 5. The van der Waals surface area contributed by atoms with Crippen molar-refractivity contribution in [3.05, 3.63) is 94.2 Å². The lowest BCUT2D eigenvalue weighted by Gasteiger charge is -2.35. The van der Waals surface area contributed by atoms with E-state index in [0.717, 1.165) is 22.3 Å². The van der Waals surface area contributed by atoms with E-state index in [0.29, 0.717) is 11.8 Å². The molecule has 0 saturated heterocycles. The Morgan fingerprint density at radius 2 is 1.94 bits per heavy atom. The zero-order valence-electron chi connectivity index (χ0n) is 18.3. The van der Waals surface area contributed by atoms with Crippen molar-refractivity contribution in [2.75, 3.05) is 0 Å². The van der Waals surface area contributed by atoms with Crippen molar-refractivity contribution in [3.63, 3.8) is 0 Å². The van der Waals surface area contributed by atoms with Crippen LogP contribution >= 0.6 is 15.9 Å². The summed E-state index contributed by atoms with van der Waals surface area (Å²) in [5.74, 6) is -2.23. The number of hydrogen-bond acceptors (Lipinski definition) is 5. The van der Waals surface area contributed by atoms with E-state index in [1.165, 1.54) is 30.5 Å². The number of hydrogen-bond donors (Lipinski definition) is 2. The molecular weight excluding hydrogens is 510 g/mol. The highest BCUT2D eigenvalue weighted by Gasteiger charge is 2.40. The van der Waals surface area contributed by atoms with Crippen LogP contribution in [0.3, 0.4) is 0 Å². The summed E-state index contributed by atoms with van der Waals surface area (Å²) in [6.07, 6.45) is 4.05. The topological polar surface area (TPSA) is 97.9 Å².